The number of hydrogen-bond donors (Lipinski definition) is 2. The number of nitrogens with zero attached hydrogens (tertiary/aromatic N) is 2. The third kappa shape index (κ3) is 3.17. The molecule has 6 nitrogen and oxygen atoms in total. The predicted molar refractivity (Wildman–Crippen MR) is 72.5 cm³/mol. The van der Waals surface area contributed by atoms with Crippen LogP contribution in [0.25, 0.3) is 0 Å². The van der Waals surface area contributed by atoms with Gasteiger partial charge in [0.05, 0.1) is 5.92 Å². The highest BCUT2D eigenvalue weighted by molar-refractivity contribution is 6.01. The van der Waals surface area contributed by atoms with Crippen LogP contribution in [0.1, 0.15) is 29.0 Å². The zero-order valence-electron chi connectivity index (χ0n) is 10.8. The molecule has 2 rings (SSSR count). The van der Waals surface area contributed by atoms with Crippen molar-refractivity contribution in [2.45, 2.75) is 12.8 Å². The second-order valence-corrected chi connectivity index (χ2v) is 4.22. The molecule has 0 aliphatic rings. The zero-order valence-corrected chi connectivity index (χ0v) is 10.8. The van der Waals surface area contributed by atoms with Gasteiger partial charge in [0.1, 0.15) is 0 Å². The van der Waals surface area contributed by atoms with Gasteiger partial charge in [-0.15, -0.1) is 0 Å². The molecule has 1 aromatic carbocycles. The number of carboxylic acids is 1. The largest absolute Gasteiger partial charge is 0.481 e. The average molecular weight is 271 g/mol. The van der Waals surface area contributed by atoms with Gasteiger partial charge in [-0.1, -0.05) is 18.2 Å². The van der Waals surface area contributed by atoms with Crippen molar-refractivity contribution in [2.75, 3.05) is 5.32 Å². The first-order chi connectivity index (χ1) is 9.58. The van der Waals surface area contributed by atoms with Crippen molar-refractivity contribution in [3.63, 3.8) is 0 Å². The number of carboxylic acid groups (broad SMARTS) is 1. The smallest absolute Gasteiger partial charge is 0.310 e. The van der Waals surface area contributed by atoms with Crippen LogP contribution in [0.3, 0.4) is 0 Å². The molecule has 0 radical (unpaired) electrons. The van der Waals surface area contributed by atoms with Crippen LogP contribution in [0, 0.1) is 0 Å². The van der Waals surface area contributed by atoms with Gasteiger partial charge in [0, 0.05) is 23.6 Å². The lowest BCUT2D eigenvalue weighted by atomic mass is 10.1. The molecule has 0 saturated heterocycles. The molecule has 0 aliphatic heterocycles. The molecule has 2 N–H and O–H groups in total. The van der Waals surface area contributed by atoms with E-state index in [4.69, 9.17) is 5.11 Å². The molecule has 1 heterocycles. The van der Waals surface area contributed by atoms with Crippen molar-refractivity contribution >= 4 is 17.6 Å². The van der Waals surface area contributed by atoms with Crippen LogP contribution in [0.5, 0.6) is 0 Å². The van der Waals surface area contributed by atoms with Crippen molar-refractivity contribution in [1.29, 1.82) is 0 Å². The normalized spacial score (nSPS) is 11.7. The SMILES string of the molecule is C[C@H](C(=O)O)c1cnc(C(=O)Nc2ccccc2)nc1. The Kier molecular flexibility index (Phi) is 4.05. The highest BCUT2D eigenvalue weighted by Crippen LogP contribution is 2.13. The van der Waals surface area contributed by atoms with Crippen LogP contribution in [0.2, 0.25) is 0 Å². The third-order valence-corrected chi connectivity index (χ3v) is 2.78. The maximum Gasteiger partial charge on any atom is 0.310 e. The topological polar surface area (TPSA) is 92.2 Å². The van der Waals surface area contributed by atoms with E-state index in [2.05, 4.69) is 15.3 Å². The fourth-order valence-corrected chi connectivity index (χ4v) is 1.53. The van der Waals surface area contributed by atoms with Crippen molar-refractivity contribution in [3.8, 4) is 0 Å². The summed E-state index contributed by atoms with van der Waals surface area (Å²) < 4.78 is 0. The summed E-state index contributed by atoms with van der Waals surface area (Å²) in [6.07, 6.45) is 2.71. The van der Waals surface area contributed by atoms with Gasteiger partial charge >= 0.3 is 5.97 Å². The minimum Gasteiger partial charge on any atom is -0.481 e. The Bertz CT molecular complexity index is 611. The maximum atomic E-state index is 11.9. The van der Waals surface area contributed by atoms with Crippen LogP contribution in [0.15, 0.2) is 42.7 Å². The summed E-state index contributed by atoms with van der Waals surface area (Å²) in [7, 11) is 0. The van der Waals surface area contributed by atoms with E-state index in [1.807, 2.05) is 6.07 Å². The minimum absolute atomic E-state index is 0.00445. The Balaban J connectivity index is 2.10. The third-order valence-electron chi connectivity index (χ3n) is 2.78. The molecule has 1 atom stereocenters. The second kappa shape index (κ2) is 5.92. The first-order valence-corrected chi connectivity index (χ1v) is 5.99. The van der Waals surface area contributed by atoms with Crippen molar-refractivity contribution in [1.82, 2.24) is 9.97 Å². The van der Waals surface area contributed by atoms with Crippen LogP contribution >= 0.6 is 0 Å². The van der Waals surface area contributed by atoms with Gasteiger partial charge < -0.3 is 10.4 Å². The molecule has 0 spiro atoms. The van der Waals surface area contributed by atoms with E-state index in [1.54, 1.807) is 24.3 Å². The molecule has 0 bridgehead atoms. The van der Waals surface area contributed by atoms with E-state index < -0.39 is 17.8 Å². The van der Waals surface area contributed by atoms with Gasteiger partial charge in [-0.05, 0) is 19.1 Å². The van der Waals surface area contributed by atoms with Crippen molar-refractivity contribution in [3.05, 3.63) is 54.1 Å². The minimum atomic E-state index is -0.963. The molecule has 102 valence electrons. The number of nitrogens with one attached hydrogen (secondary N) is 1. The fourth-order valence-electron chi connectivity index (χ4n) is 1.53. The molecule has 1 aromatic heterocycles. The van der Waals surface area contributed by atoms with Gasteiger partial charge in [0.2, 0.25) is 5.82 Å². The lowest BCUT2D eigenvalue weighted by Crippen LogP contribution is -2.16. The number of amides is 1. The lowest BCUT2D eigenvalue weighted by molar-refractivity contribution is -0.138. The zero-order chi connectivity index (χ0) is 14.5. The number of anilines is 1. The summed E-state index contributed by atoms with van der Waals surface area (Å²) in [5.74, 6) is -2.11. The van der Waals surface area contributed by atoms with E-state index in [0.717, 1.165) is 0 Å². The number of benzene rings is 1. The van der Waals surface area contributed by atoms with Gasteiger partial charge in [-0.2, -0.15) is 0 Å². The van der Waals surface area contributed by atoms with Gasteiger partial charge in [0.25, 0.3) is 5.91 Å². The summed E-state index contributed by atoms with van der Waals surface area (Å²) in [4.78, 5) is 30.5. The lowest BCUT2D eigenvalue weighted by Gasteiger charge is -2.07. The fraction of sp³-hybridized carbons (Fsp3) is 0.143. The van der Waals surface area contributed by atoms with Crippen LogP contribution in [-0.4, -0.2) is 27.0 Å². The maximum absolute atomic E-state index is 11.9. The Hall–Kier alpha value is -2.76. The Morgan fingerprint density at radius 2 is 1.75 bits per heavy atom. The number of carbonyl (C=O) groups excluding carboxylic acids is 1. The molecule has 20 heavy (non-hydrogen) atoms. The highest BCUT2D eigenvalue weighted by Gasteiger charge is 2.16. The monoisotopic (exact) mass is 271 g/mol. The van der Waals surface area contributed by atoms with E-state index in [-0.39, 0.29) is 5.82 Å². The second-order valence-electron chi connectivity index (χ2n) is 4.22. The average Bonchev–Trinajstić information content (AvgIpc) is 2.47. The predicted octanol–water partition coefficient (Wildman–Crippen LogP) is 1.92. The quantitative estimate of drug-likeness (QED) is 0.886. The molecule has 0 aliphatic carbocycles. The first kappa shape index (κ1) is 13.7. The van der Waals surface area contributed by atoms with Crippen LogP contribution in [0.4, 0.5) is 5.69 Å². The summed E-state index contributed by atoms with van der Waals surface area (Å²) in [6.45, 7) is 1.53. The summed E-state index contributed by atoms with van der Waals surface area (Å²) in [5, 5.41) is 11.5. The number of hydrogen-bond acceptors (Lipinski definition) is 4. The van der Waals surface area contributed by atoms with Crippen molar-refractivity contribution in [2.24, 2.45) is 0 Å². The van der Waals surface area contributed by atoms with Crippen LogP contribution < -0.4 is 5.32 Å². The Morgan fingerprint density at radius 1 is 1.15 bits per heavy atom. The molecule has 0 fully saturated rings. The molecule has 0 saturated carbocycles. The van der Waals surface area contributed by atoms with Crippen molar-refractivity contribution < 1.29 is 14.7 Å². The van der Waals surface area contributed by atoms with E-state index in [0.29, 0.717) is 11.3 Å². The number of rotatable bonds is 4. The van der Waals surface area contributed by atoms with E-state index >= 15 is 0 Å². The number of para-hydroxylation sites is 1. The highest BCUT2D eigenvalue weighted by atomic mass is 16.4. The molecular formula is C14H13N3O3. The van der Waals surface area contributed by atoms with Crippen LogP contribution in [-0.2, 0) is 4.79 Å². The number of carbonyl (C=O) groups is 2. The van der Waals surface area contributed by atoms with Gasteiger partial charge in [0.15, 0.2) is 0 Å². The summed E-state index contributed by atoms with van der Waals surface area (Å²) in [6, 6.07) is 8.94. The molecule has 0 unspecified atom stereocenters. The standard InChI is InChI=1S/C14H13N3O3/c1-9(14(19)20)10-7-15-12(16-8-10)13(18)17-11-5-3-2-4-6-11/h2-9H,1H3,(H,17,18)(H,19,20)/t9-/m0/s1. The Morgan fingerprint density at radius 3 is 2.30 bits per heavy atom. The summed E-state index contributed by atoms with van der Waals surface area (Å²) >= 11 is 0. The Labute approximate surface area is 115 Å². The molecule has 2 aromatic rings. The number of aromatic nitrogens is 2. The van der Waals surface area contributed by atoms with E-state index in [1.165, 1.54) is 19.3 Å². The van der Waals surface area contributed by atoms with Gasteiger partial charge in [-0.25, -0.2) is 9.97 Å². The molecule has 1 amide bonds. The molecular weight excluding hydrogens is 258 g/mol. The molecule has 6 heteroatoms. The first-order valence-electron chi connectivity index (χ1n) is 5.99. The van der Waals surface area contributed by atoms with E-state index in [9.17, 15) is 9.59 Å². The summed E-state index contributed by atoms with van der Waals surface area (Å²) in [5.41, 5.74) is 1.10. The van der Waals surface area contributed by atoms with Gasteiger partial charge in [-0.3, -0.25) is 9.59 Å². The number of aliphatic carboxylic acids is 1.